The Kier molecular flexibility index (Phi) is 5.45. The fourth-order valence-electron chi connectivity index (χ4n) is 4.56. The second-order valence-electron chi connectivity index (χ2n) is 8.40. The Bertz CT molecular complexity index is 1130. The first-order valence-corrected chi connectivity index (χ1v) is 11.7. The number of urea groups is 1. The topological polar surface area (TPSA) is 65.8 Å². The number of benzene rings is 1. The van der Waals surface area contributed by atoms with E-state index >= 15 is 0 Å². The summed E-state index contributed by atoms with van der Waals surface area (Å²) in [5, 5.41) is 7.29. The number of halogens is 2. The quantitative estimate of drug-likeness (QED) is 0.496. The fourth-order valence-corrected chi connectivity index (χ4v) is 5.07. The van der Waals surface area contributed by atoms with Crippen molar-refractivity contribution < 1.29 is 9.18 Å². The fraction of sp³-hybridized carbons (Fsp3) is 0.409. The summed E-state index contributed by atoms with van der Waals surface area (Å²) in [5.41, 5.74) is 1.88. The Morgan fingerprint density at radius 1 is 1.26 bits per heavy atom. The molecule has 2 saturated heterocycles. The zero-order valence-electron chi connectivity index (χ0n) is 17.3. The summed E-state index contributed by atoms with van der Waals surface area (Å²) in [6.45, 7) is 4.49. The lowest BCUT2D eigenvalue weighted by Gasteiger charge is -2.26. The number of anilines is 2. The van der Waals surface area contributed by atoms with E-state index in [4.69, 9.17) is 4.98 Å². The third-order valence-corrected chi connectivity index (χ3v) is 6.84. The summed E-state index contributed by atoms with van der Waals surface area (Å²) >= 11 is 2.22. The number of rotatable bonds is 3. The van der Waals surface area contributed by atoms with E-state index in [1.807, 2.05) is 23.2 Å². The molecule has 2 amide bonds. The van der Waals surface area contributed by atoms with Crippen LogP contribution in [0.5, 0.6) is 0 Å². The van der Waals surface area contributed by atoms with Gasteiger partial charge in [0.1, 0.15) is 17.3 Å². The molecule has 1 unspecified atom stereocenters. The molecule has 0 spiro atoms. The summed E-state index contributed by atoms with van der Waals surface area (Å²) in [7, 11) is 0. The zero-order chi connectivity index (χ0) is 21.5. The van der Waals surface area contributed by atoms with Crippen molar-refractivity contribution in [3.63, 3.8) is 0 Å². The Labute approximate surface area is 193 Å². The van der Waals surface area contributed by atoms with Crippen molar-refractivity contribution in [1.82, 2.24) is 19.5 Å². The van der Waals surface area contributed by atoms with E-state index in [0.29, 0.717) is 22.8 Å². The molecule has 4 heterocycles. The molecule has 7 nitrogen and oxygen atoms in total. The molecule has 2 aliphatic heterocycles. The van der Waals surface area contributed by atoms with Gasteiger partial charge >= 0.3 is 6.03 Å². The van der Waals surface area contributed by atoms with Crippen molar-refractivity contribution in [3.8, 4) is 0 Å². The predicted molar refractivity (Wildman–Crippen MR) is 126 cm³/mol. The predicted octanol–water partition coefficient (Wildman–Crippen LogP) is 4.69. The van der Waals surface area contributed by atoms with Crippen LogP contribution in [-0.2, 0) is 0 Å². The third kappa shape index (κ3) is 3.95. The number of carbonyl (C=O) groups is 1. The molecule has 0 radical (unpaired) electrons. The van der Waals surface area contributed by atoms with Gasteiger partial charge in [-0.2, -0.15) is 5.10 Å². The van der Waals surface area contributed by atoms with E-state index < -0.39 is 0 Å². The molecule has 2 aromatic heterocycles. The number of aromatic nitrogens is 3. The van der Waals surface area contributed by atoms with E-state index in [2.05, 4.69) is 44.8 Å². The minimum Gasteiger partial charge on any atom is -0.349 e. The van der Waals surface area contributed by atoms with Crippen molar-refractivity contribution in [2.45, 2.75) is 32.2 Å². The zero-order valence-corrected chi connectivity index (χ0v) is 19.4. The average molecular weight is 534 g/mol. The van der Waals surface area contributed by atoms with Crippen LogP contribution >= 0.6 is 22.6 Å². The van der Waals surface area contributed by atoms with Crippen molar-refractivity contribution in [2.75, 3.05) is 29.9 Å². The second-order valence-corrected chi connectivity index (χ2v) is 9.65. The number of nitrogens with zero attached hydrogens (tertiary/aromatic N) is 5. The van der Waals surface area contributed by atoms with E-state index in [1.165, 1.54) is 6.07 Å². The molecule has 162 valence electrons. The van der Waals surface area contributed by atoms with Crippen LogP contribution in [0, 0.1) is 15.3 Å². The molecule has 2 atom stereocenters. The molecule has 1 aromatic carbocycles. The molecule has 1 N–H and O–H groups in total. The third-order valence-electron chi connectivity index (χ3n) is 6.17. The summed E-state index contributed by atoms with van der Waals surface area (Å²) in [6, 6.07) is 6.96. The number of hydrogen-bond donors (Lipinski definition) is 1. The molecule has 0 aliphatic carbocycles. The molecule has 9 heteroatoms. The van der Waals surface area contributed by atoms with Gasteiger partial charge in [0, 0.05) is 35.0 Å². The Hall–Kier alpha value is -2.43. The SMILES string of the molecule is C[C@H]1CCN(C(=O)Nc2cnn3ccc(N4CCCC4c4cc(I)ccc4F)nc23)C1. The normalized spacial score (nSPS) is 21.3. The first-order valence-electron chi connectivity index (χ1n) is 10.6. The van der Waals surface area contributed by atoms with E-state index in [-0.39, 0.29) is 17.9 Å². The number of likely N-dealkylation sites (tertiary alicyclic amines) is 1. The lowest BCUT2D eigenvalue weighted by molar-refractivity contribution is 0.221. The maximum Gasteiger partial charge on any atom is 0.321 e. The van der Waals surface area contributed by atoms with Crippen LogP contribution in [0.2, 0.25) is 0 Å². The highest BCUT2D eigenvalue weighted by atomic mass is 127. The maximum atomic E-state index is 14.6. The summed E-state index contributed by atoms with van der Waals surface area (Å²) in [4.78, 5) is 21.4. The average Bonchev–Trinajstić information content (AvgIpc) is 3.49. The Balaban J connectivity index is 1.43. The van der Waals surface area contributed by atoms with Gasteiger partial charge in [0.2, 0.25) is 0 Å². The van der Waals surface area contributed by atoms with Gasteiger partial charge in [-0.15, -0.1) is 0 Å². The molecular weight excluding hydrogens is 510 g/mol. The van der Waals surface area contributed by atoms with Crippen LogP contribution in [0.3, 0.4) is 0 Å². The molecule has 3 aromatic rings. The highest BCUT2D eigenvalue weighted by Gasteiger charge is 2.30. The largest absolute Gasteiger partial charge is 0.349 e. The monoisotopic (exact) mass is 534 g/mol. The highest BCUT2D eigenvalue weighted by molar-refractivity contribution is 14.1. The summed E-state index contributed by atoms with van der Waals surface area (Å²) in [5.74, 6) is 1.10. The Morgan fingerprint density at radius 2 is 2.13 bits per heavy atom. The molecule has 2 fully saturated rings. The Morgan fingerprint density at radius 3 is 2.94 bits per heavy atom. The number of nitrogens with one attached hydrogen (secondary N) is 1. The molecule has 0 bridgehead atoms. The molecule has 2 aliphatic rings. The first kappa shape index (κ1) is 20.5. The van der Waals surface area contributed by atoms with Gasteiger partial charge < -0.3 is 15.1 Å². The van der Waals surface area contributed by atoms with E-state index in [9.17, 15) is 9.18 Å². The number of amides is 2. The van der Waals surface area contributed by atoms with Crippen LogP contribution in [0.25, 0.3) is 5.65 Å². The van der Waals surface area contributed by atoms with Crippen LogP contribution in [0.15, 0.2) is 36.7 Å². The van der Waals surface area contributed by atoms with Crippen LogP contribution in [0.4, 0.5) is 20.7 Å². The van der Waals surface area contributed by atoms with Gasteiger partial charge in [-0.05, 0) is 72.0 Å². The minimum atomic E-state index is -0.185. The van der Waals surface area contributed by atoms with Gasteiger partial charge in [-0.25, -0.2) is 18.7 Å². The lowest BCUT2D eigenvalue weighted by atomic mass is 10.0. The van der Waals surface area contributed by atoms with Gasteiger partial charge in [-0.3, -0.25) is 0 Å². The number of hydrogen-bond acceptors (Lipinski definition) is 4. The second kappa shape index (κ2) is 8.25. The van der Waals surface area contributed by atoms with Crippen molar-refractivity contribution in [2.24, 2.45) is 5.92 Å². The van der Waals surface area contributed by atoms with Crippen molar-refractivity contribution in [1.29, 1.82) is 0 Å². The standard InChI is InChI=1S/C22H24FIN6O/c1-14-6-9-28(13-14)22(31)26-18-12-25-30-10-7-20(27-21(18)30)29-8-2-3-19(29)16-11-15(24)4-5-17(16)23/h4-5,7,10-12,14,19H,2-3,6,8-9,13H2,1H3,(H,26,31)/t14-,19?/m0/s1. The number of fused-ring (bicyclic) bond motifs is 1. The van der Waals surface area contributed by atoms with Crippen molar-refractivity contribution in [3.05, 3.63) is 51.6 Å². The van der Waals surface area contributed by atoms with E-state index in [0.717, 1.165) is 48.3 Å². The van der Waals surface area contributed by atoms with Gasteiger partial charge in [0.05, 0.1) is 12.2 Å². The van der Waals surface area contributed by atoms with Gasteiger partial charge in [-0.1, -0.05) is 6.92 Å². The maximum absolute atomic E-state index is 14.6. The van der Waals surface area contributed by atoms with Crippen LogP contribution < -0.4 is 10.2 Å². The smallest absolute Gasteiger partial charge is 0.321 e. The molecule has 31 heavy (non-hydrogen) atoms. The first-order chi connectivity index (χ1) is 15.0. The van der Waals surface area contributed by atoms with E-state index in [1.54, 1.807) is 16.8 Å². The van der Waals surface area contributed by atoms with Gasteiger partial charge in [0.15, 0.2) is 5.65 Å². The van der Waals surface area contributed by atoms with Crippen LogP contribution in [0.1, 0.15) is 37.8 Å². The summed E-state index contributed by atoms with van der Waals surface area (Å²) in [6.07, 6.45) is 6.34. The minimum absolute atomic E-state index is 0.0586. The van der Waals surface area contributed by atoms with Crippen molar-refractivity contribution >= 4 is 45.8 Å². The lowest BCUT2D eigenvalue weighted by Crippen LogP contribution is -2.32. The summed E-state index contributed by atoms with van der Waals surface area (Å²) < 4.78 is 17.3. The van der Waals surface area contributed by atoms with Crippen LogP contribution in [-0.4, -0.2) is 45.2 Å². The van der Waals surface area contributed by atoms with Gasteiger partial charge in [0.25, 0.3) is 0 Å². The highest BCUT2D eigenvalue weighted by Crippen LogP contribution is 2.37. The molecular formula is C22H24FIN6O. The molecule has 5 rings (SSSR count). The number of carbonyl (C=O) groups excluding carboxylic acids is 1. The molecule has 0 saturated carbocycles.